The molecule has 0 saturated carbocycles. The van der Waals surface area contributed by atoms with Crippen molar-refractivity contribution < 1.29 is 4.79 Å². The second-order valence-corrected chi connectivity index (χ2v) is 4.12. The predicted molar refractivity (Wildman–Crippen MR) is 60.1 cm³/mol. The SMILES string of the molecule is CC(=O)SCCC=Cc1cn[nH]c1C#N. The van der Waals surface area contributed by atoms with Crippen molar-refractivity contribution in [2.75, 3.05) is 5.75 Å². The lowest BCUT2D eigenvalue weighted by atomic mass is 10.2. The van der Waals surface area contributed by atoms with Crippen LogP contribution in [0.5, 0.6) is 0 Å². The summed E-state index contributed by atoms with van der Waals surface area (Å²) >= 11 is 1.30. The smallest absolute Gasteiger partial charge is 0.185 e. The molecule has 1 aromatic heterocycles. The maximum absolute atomic E-state index is 10.6. The van der Waals surface area contributed by atoms with Gasteiger partial charge in [0.1, 0.15) is 11.8 Å². The van der Waals surface area contributed by atoms with E-state index >= 15 is 0 Å². The van der Waals surface area contributed by atoms with Crippen molar-refractivity contribution in [1.29, 1.82) is 5.26 Å². The van der Waals surface area contributed by atoms with Crippen LogP contribution in [0.1, 0.15) is 24.6 Å². The Morgan fingerprint density at radius 3 is 3.27 bits per heavy atom. The van der Waals surface area contributed by atoms with Crippen molar-refractivity contribution in [3.8, 4) is 6.07 Å². The van der Waals surface area contributed by atoms with E-state index in [0.717, 1.165) is 17.7 Å². The molecule has 0 radical (unpaired) electrons. The van der Waals surface area contributed by atoms with Gasteiger partial charge in [0.15, 0.2) is 5.12 Å². The first-order chi connectivity index (χ1) is 7.24. The first-order valence-electron chi connectivity index (χ1n) is 4.47. The van der Waals surface area contributed by atoms with E-state index in [1.165, 1.54) is 11.8 Å². The quantitative estimate of drug-likeness (QED) is 0.789. The summed E-state index contributed by atoms with van der Waals surface area (Å²) in [6.07, 6.45) is 6.18. The molecule has 5 heteroatoms. The molecule has 0 aliphatic heterocycles. The van der Waals surface area contributed by atoms with Gasteiger partial charge in [0.25, 0.3) is 0 Å². The molecule has 78 valence electrons. The first-order valence-corrected chi connectivity index (χ1v) is 5.46. The highest BCUT2D eigenvalue weighted by Crippen LogP contribution is 2.08. The highest BCUT2D eigenvalue weighted by molar-refractivity contribution is 8.13. The summed E-state index contributed by atoms with van der Waals surface area (Å²) in [5.41, 5.74) is 1.25. The molecule has 0 atom stereocenters. The van der Waals surface area contributed by atoms with Crippen LogP contribution in [-0.2, 0) is 4.79 Å². The zero-order valence-corrected chi connectivity index (χ0v) is 9.17. The number of nitriles is 1. The summed E-state index contributed by atoms with van der Waals surface area (Å²) in [4.78, 5) is 10.6. The second-order valence-electron chi connectivity index (χ2n) is 2.84. The summed E-state index contributed by atoms with van der Waals surface area (Å²) in [7, 11) is 0. The van der Waals surface area contributed by atoms with Crippen molar-refractivity contribution in [2.24, 2.45) is 0 Å². The number of nitrogens with zero attached hydrogens (tertiary/aromatic N) is 2. The van der Waals surface area contributed by atoms with Crippen LogP contribution in [0.3, 0.4) is 0 Å². The van der Waals surface area contributed by atoms with Gasteiger partial charge in [-0.3, -0.25) is 9.89 Å². The molecule has 4 nitrogen and oxygen atoms in total. The molecule has 0 unspecified atom stereocenters. The van der Waals surface area contributed by atoms with Gasteiger partial charge in [0, 0.05) is 18.2 Å². The molecule has 0 fully saturated rings. The molecule has 1 rings (SSSR count). The molecule has 0 spiro atoms. The van der Waals surface area contributed by atoms with Crippen molar-refractivity contribution >= 4 is 23.0 Å². The summed E-state index contributed by atoms with van der Waals surface area (Å²) in [6.45, 7) is 1.55. The molecule has 0 saturated heterocycles. The molecule has 1 aromatic rings. The van der Waals surface area contributed by atoms with Crippen molar-refractivity contribution in [3.63, 3.8) is 0 Å². The molecule has 0 aromatic carbocycles. The van der Waals surface area contributed by atoms with E-state index in [9.17, 15) is 4.79 Å². The molecule has 1 N–H and O–H groups in total. The minimum Gasteiger partial charge on any atom is -0.288 e. The van der Waals surface area contributed by atoms with Crippen molar-refractivity contribution in [3.05, 3.63) is 23.5 Å². The number of rotatable bonds is 4. The van der Waals surface area contributed by atoms with Gasteiger partial charge in [-0.25, -0.2) is 0 Å². The van der Waals surface area contributed by atoms with E-state index in [-0.39, 0.29) is 5.12 Å². The number of H-pyrrole nitrogens is 1. The molecule has 0 aliphatic carbocycles. The standard InChI is InChI=1S/C10H11N3OS/c1-8(14)15-5-3-2-4-9-7-12-13-10(9)6-11/h2,4,7H,3,5H2,1H3,(H,12,13). The van der Waals surface area contributed by atoms with E-state index in [1.807, 2.05) is 18.2 Å². The number of carbonyl (C=O) groups is 1. The van der Waals surface area contributed by atoms with Crippen LogP contribution in [0.2, 0.25) is 0 Å². The van der Waals surface area contributed by atoms with Crippen molar-refractivity contribution in [1.82, 2.24) is 10.2 Å². The Morgan fingerprint density at radius 1 is 1.80 bits per heavy atom. The summed E-state index contributed by atoms with van der Waals surface area (Å²) < 4.78 is 0. The number of hydrogen-bond donors (Lipinski definition) is 1. The Labute approximate surface area is 92.4 Å². The topological polar surface area (TPSA) is 69.5 Å². The van der Waals surface area contributed by atoms with Gasteiger partial charge in [0.2, 0.25) is 0 Å². The van der Waals surface area contributed by atoms with Crippen LogP contribution in [0.25, 0.3) is 6.08 Å². The Morgan fingerprint density at radius 2 is 2.60 bits per heavy atom. The van der Waals surface area contributed by atoms with E-state index < -0.39 is 0 Å². The summed E-state index contributed by atoms with van der Waals surface area (Å²) in [6, 6.07) is 2.01. The molecule has 0 aliphatic rings. The monoisotopic (exact) mass is 221 g/mol. The van der Waals surface area contributed by atoms with E-state index in [1.54, 1.807) is 13.1 Å². The molecule has 1 heterocycles. The van der Waals surface area contributed by atoms with Crippen LogP contribution in [0.15, 0.2) is 12.3 Å². The van der Waals surface area contributed by atoms with Crippen LogP contribution in [-0.4, -0.2) is 21.1 Å². The fourth-order valence-electron chi connectivity index (χ4n) is 0.992. The maximum atomic E-state index is 10.6. The maximum Gasteiger partial charge on any atom is 0.185 e. The average Bonchev–Trinajstić information content (AvgIpc) is 2.64. The summed E-state index contributed by atoms with van der Waals surface area (Å²) in [5, 5.41) is 15.2. The Balaban J connectivity index is 2.39. The lowest BCUT2D eigenvalue weighted by Crippen LogP contribution is -1.83. The van der Waals surface area contributed by atoms with E-state index in [4.69, 9.17) is 5.26 Å². The van der Waals surface area contributed by atoms with Gasteiger partial charge in [-0.1, -0.05) is 23.9 Å². The normalized spacial score (nSPS) is 10.4. The number of allylic oxidation sites excluding steroid dienone is 1. The van der Waals surface area contributed by atoms with Gasteiger partial charge in [-0.15, -0.1) is 0 Å². The predicted octanol–water partition coefficient (Wildman–Crippen LogP) is 1.96. The van der Waals surface area contributed by atoms with Crippen molar-refractivity contribution in [2.45, 2.75) is 13.3 Å². The lowest BCUT2D eigenvalue weighted by molar-refractivity contribution is -0.109. The third-order valence-electron chi connectivity index (χ3n) is 1.67. The number of aromatic amines is 1. The largest absolute Gasteiger partial charge is 0.288 e. The zero-order valence-electron chi connectivity index (χ0n) is 8.36. The Bertz CT molecular complexity index is 403. The van der Waals surface area contributed by atoms with Crippen LogP contribution >= 0.6 is 11.8 Å². The van der Waals surface area contributed by atoms with Gasteiger partial charge in [-0.2, -0.15) is 10.4 Å². The zero-order chi connectivity index (χ0) is 11.1. The first kappa shape index (κ1) is 11.5. The average molecular weight is 221 g/mol. The minimum absolute atomic E-state index is 0.129. The Kier molecular flexibility index (Phi) is 4.64. The van der Waals surface area contributed by atoms with Gasteiger partial charge in [0.05, 0.1) is 6.20 Å². The van der Waals surface area contributed by atoms with E-state index in [2.05, 4.69) is 10.2 Å². The summed E-state index contributed by atoms with van der Waals surface area (Å²) in [5.74, 6) is 0.769. The fourth-order valence-corrected chi connectivity index (χ4v) is 1.53. The van der Waals surface area contributed by atoms with Crippen LogP contribution < -0.4 is 0 Å². The lowest BCUT2D eigenvalue weighted by Gasteiger charge is -1.91. The van der Waals surface area contributed by atoms with Gasteiger partial charge < -0.3 is 0 Å². The minimum atomic E-state index is 0.129. The molecule has 0 bridgehead atoms. The Hall–Kier alpha value is -1.54. The molecular weight excluding hydrogens is 210 g/mol. The van der Waals surface area contributed by atoms with Gasteiger partial charge >= 0.3 is 0 Å². The van der Waals surface area contributed by atoms with Crippen LogP contribution in [0, 0.1) is 11.3 Å². The highest BCUT2D eigenvalue weighted by atomic mass is 32.2. The van der Waals surface area contributed by atoms with Crippen LogP contribution in [0.4, 0.5) is 0 Å². The third kappa shape index (κ3) is 4.00. The van der Waals surface area contributed by atoms with Gasteiger partial charge in [-0.05, 0) is 6.42 Å². The number of hydrogen-bond acceptors (Lipinski definition) is 4. The number of carbonyl (C=O) groups excluding carboxylic acids is 1. The number of aromatic nitrogens is 2. The van der Waals surface area contributed by atoms with E-state index in [0.29, 0.717) is 5.69 Å². The molecule has 0 amide bonds. The fraction of sp³-hybridized carbons (Fsp3) is 0.300. The molecular formula is C10H11N3OS. The highest BCUT2D eigenvalue weighted by Gasteiger charge is 1.98. The third-order valence-corrected chi connectivity index (χ3v) is 2.51. The molecule has 15 heavy (non-hydrogen) atoms. The second kappa shape index (κ2) is 6.04. The number of thioether (sulfide) groups is 1. The number of nitrogens with one attached hydrogen (secondary N) is 1.